The third-order valence-electron chi connectivity index (χ3n) is 3.00. The average Bonchev–Trinajstić information content (AvgIpc) is 2.81. The van der Waals surface area contributed by atoms with Crippen LogP contribution in [0.1, 0.15) is 31.2 Å². The Bertz CT molecular complexity index is 405. The summed E-state index contributed by atoms with van der Waals surface area (Å²) in [7, 11) is 0. The summed E-state index contributed by atoms with van der Waals surface area (Å²) in [6.07, 6.45) is 8.18. The van der Waals surface area contributed by atoms with Crippen LogP contribution in [-0.2, 0) is 4.79 Å². The van der Waals surface area contributed by atoms with Crippen molar-refractivity contribution in [3.05, 3.63) is 40.4 Å². The van der Waals surface area contributed by atoms with E-state index in [0.717, 1.165) is 22.9 Å². The van der Waals surface area contributed by atoms with Crippen LogP contribution < -0.4 is 5.32 Å². The maximum absolute atomic E-state index is 11.6. The second-order valence-corrected chi connectivity index (χ2v) is 5.29. The topological polar surface area (TPSA) is 29.1 Å². The molecule has 1 saturated carbocycles. The Morgan fingerprint density at radius 3 is 2.53 bits per heavy atom. The van der Waals surface area contributed by atoms with Crippen molar-refractivity contribution < 1.29 is 4.79 Å². The van der Waals surface area contributed by atoms with Crippen molar-refractivity contribution in [2.24, 2.45) is 0 Å². The Labute approximate surface area is 110 Å². The maximum Gasteiger partial charge on any atom is 0.244 e. The highest BCUT2D eigenvalue weighted by atomic mass is 79.9. The van der Waals surface area contributed by atoms with Gasteiger partial charge in [0.2, 0.25) is 5.91 Å². The van der Waals surface area contributed by atoms with E-state index in [1.165, 1.54) is 12.8 Å². The number of halogens is 1. The molecule has 0 heterocycles. The molecule has 0 saturated heterocycles. The molecule has 2 nitrogen and oxygen atoms in total. The fraction of sp³-hybridized carbons (Fsp3) is 0.357. The van der Waals surface area contributed by atoms with E-state index in [-0.39, 0.29) is 5.91 Å². The summed E-state index contributed by atoms with van der Waals surface area (Å²) in [5.74, 6) is 0.0137. The molecule has 0 radical (unpaired) electrons. The second kappa shape index (κ2) is 6.01. The zero-order valence-corrected chi connectivity index (χ0v) is 11.2. The molecule has 1 aliphatic rings. The first-order chi connectivity index (χ1) is 8.24. The van der Waals surface area contributed by atoms with Gasteiger partial charge in [-0.2, -0.15) is 0 Å². The quantitative estimate of drug-likeness (QED) is 0.849. The van der Waals surface area contributed by atoms with Gasteiger partial charge in [0.25, 0.3) is 0 Å². The van der Waals surface area contributed by atoms with Crippen molar-refractivity contribution in [1.82, 2.24) is 5.32 Å². The van der Waals surface area contributed by atoms with Crippen molar-refractivity contribution >= 4 is 27.9 Å². The van der Waals surface area contributed by atoms with Gasteiger partial charge in [0.1, 0.15) is 0 Å². The number of amides is 1. The van der Waals surface area contributed by atoms with Gasteiger partial charge in [0.05, 0.1) is 0 Å². The highest BCUT2D eigenvalue weighted by molar-refractivity contribution is 9.10. The Morgan fingerprint density at radius 1 is 1.24 bits per heavy atom. The highest BCUT2D eigenvalue weighted by Gasteiger charge is 2.15. The molecule has 0 spiro atoms. The number of nitrogens with one attached hydrogen (secondary N) is 1. The molecule has 0 unspecified atom stereocenters. The second-order valence-electron chi connectivity index (χ2n) is 4.37. The van der Waals surface area contributed by atoms with Crippen molar-refractivity contribution in [1.29, 1.82) is 0 Å². The van der Waals surface area contributed by atoms with Crippen molar-refractivity contribution in [3.8, 4) is 0 Å². The van der Waals surface area contributed by atoms with Crippen LogP contribution in [-0.4, -0.2) is 11.9 Å². The van der Waals surface area contributed by atoms with E-state index in [1.54, 1.807) is 6.08 Å². The lowest BCUT2D eigenvalue weighted by molar-refractivity contribution is -0.117. The van der Waals surface area contributed by atoms with Crippen molar-refractivity contribution in [2.75, 3.05) is 0 Å². The van der Waals surface area contributed by atoms with E-state index in [4.69, 9.17) is 0 Å². The largest absolute Gasteiger partial charge is 0.350 e. The van der Waals surface area contributed by atoms with Crippen LogP contribution in [0.25, 0.3) is 6.08 Å². The van der Waals surface area contributed by atoms with Crippen LogP contribution in [0.2, 0.25) is 0 Å². The van der Waals surface area contributed by atoms with E-state index in [9.17, 15) is 4.79 Å². The molecule has 0 atom stereocenters. The smallest absolute Gasteiger partial charge is 0.244 e. The van der Waals surface area contributed by atoms with Gasteiger partial charge in [-0.3, -0.25) is 4.79 Å². The molecule has 1 aliphatic carbocycles. The van der Waals surface area contributed by atoms with Crippen molar-refractivity contribution in [2.45, 2.75) is 31.7 Å². The van der Waals surface area contributed by atoms with Crippen LogP contribution >= 0.6 is 15.9 Å². The number of hydrogen-bond donors (Lipinski definition) is 1. The average molecular weight is 294 g/mol. The molecule has 0 aromatic heterocycles. The summed E-state index contributed by atoms with van der Waals surface area (Å²) in [6, 6.07) is 8.27. The molecule has 3 heteroatoms. The Morgan fingerprint density at radius 2 is 1.88 bits per heavy atom. The Kier molecular flexibility index (Phi) is 4.37. The van der Waals surface area contributed by atoms with E-state index in [2.05, 4.69) is 21.2 Å². The predicted molar refractivity (Wildman–Crippen MR) is 73.6 cm³/mol. The van der Waals surface area contributed by atoms with Crippen LogP contribution in [0.5, 0.6) is 0 Å². The molecule has 1 aromatic carbocycles. The Balaban J connectivity index is 1.86. The van der Waals surface area contributed by atoms with E-state index in [1.807, 2.05) is 30.3 Å². The lowest BCUT2D eigenvalue weighted by Crippen LogP contribution is -2.30. The van der Waals surface area contributed by atoms with Gasteiger partial charge in [-0.1, -0.05) is 40.9 Å². The van der Waals surface area contributed by atoms with E-state index in [0.29, 0.717) is 6.04 Å². The molecule has 1 fully saturated rings. The standard InChI is InChI=1S/C14H16BrNO/c15-12-8-5-11(6-9-12)7-10-14(17)16-13-3-1-2-4-13/h5-10,13H,1-4H2,(H,16,17)/b10-7-. The summed E-state index contributed by atoms with van der Waals surface area (Å²) >= 11 is 3.38. The van der Waals surface area contributed by atoms with Gasteiger partial charge in [0, 0.05) is 16.6 Å². The molecule has 1 amide bonds. The molecule has 2 rings (SSSR count). The molecule has 90 valence electrons. The van der Waals surface area contributed by atoms with E-state index >= 15 is 0 Å². The fourth-order valence-electron chi connectivity index (χ4n) is 2.07. The van der Waals surface area contributed by atoms with Gasteiger partial charge >= 0.3 is 0 Å². The van der Waals surface area contributed by atoms with Crippen LogP contribution in [0.4, 0.5) is 0 Å². The number of carbonyl (C=O) groups is 1. The minimum absolute atomic E-state index is 0.0137. The van der Waals surface area contributed by atoms with Gasteiger partial charge < -0.3 is 5.32 Å². The molecule has 0 aliphatic heterocycles. The molecule has 0 bridgehead atoms. The minimum atomic E-state index is 0.0137. The number of carbonyl (C=O) groups excluding carboxylic acids is 1. The summed E-state index contributed by atoms with van der Waals surface area (Å²) in [5, 5.41) is 3.03. The fourth-order valence-corrected chi connectivity index (χ4v) is 2.33. The van der Waals surface area contributed by atoms with Gasteiger partial charge in [0.15, 0.2) is 0 Å². The van der Waals surface area contributed by atoms with Crippen LogP contribution in [0.3, 0.4) is 0 Å². The minimum Gasteiger partial charge on any atom is -0.350 e. The highest BCUT2D eigenvalue weighted by Crippen LogP contribution is 2.17. The normalized spacial score (nSPS) is 16.5. The first-order valence-corrected chi connectivity index (χ1v) is 6.77. The van der Waals surface area contributed by atoms with E-state index < -0.39 is 0 Å². The SMILES string of the molecule is O=C(/C=C\c1ccc(Br)cc1)NC1CCCC1. The third kappa shape index (κ3) is 4.00. The zero-order valence-electron chi connectivity index (χ0n) is 9.66. The first kappa shape index (κ1) is 12.4. The number of rotatable bonds is 3. The van der Waals surface area contributed by atoms with Gasteiger partial charge in [-0.05, 0) is 36.6 Å². The third-order valence-corrected chi connectivity index (χ3v) is 3.53. The van der Waals surface area contributed by atoms with Gasteiger partial charge in [-0.25, -0.2) is 0 Å². The summed E-state index contributed by atoms with van der Waals surface area (Å²) in [4.78, 5) is 11.6. The predicted octanol–water partition coefficient (Wildman–Crippen LogP) is 3.52. The monoisotopic (exact) mass is 293 g/mol. The molecule has 1 aromatic rings. The molecular weight excluding hydrogens is 278 g/mol. The lowest BCUT2D eigenvalue weighted by Gasteiger charge is -2.08. The van der Waals surface area contributed by atoms with Crippen LogP contribution in [0, 0.1) is 0 Å². The van der Waals surface area contributed by atoms with Crippen molar-refractivity contribution in [3.63, 3.8) is 0 Å². The molecule has 1 N–H and O–H groups in total. The lowest BCUT2D eigenvalue weighted by atomic mass is 10.2. The summed E-state index contributed by atoms with van der Waals surface area (Å²) in [6.45, 7) is 0. The first-order valence-electron chi connectivity index (χ1n) is 5.98. The zero-order chi connectivity index (χ0) is 12.1. The van der Waals surface area contributed by atoms with Crippen LogP contribution in [0.15, 0.2) is 34.8 Å². The van der Waals surface area contributed by atoms with Gasteiger partial charge in [-0.15, -0.1) is 0 Å². The Hall–Kier alpha value is -1.09. The maximum atomic E-state index is 11.6. The summed E-state index contributed by atoms with van der Waals surface area (Å²) < 4.78 is 1.05. The summed E-state index contributed by atoms with van der Waals surface area (Å²) in [5.41, 5.74) is 1.04. The molecular formula is C14H16BrNO. The molecule has 17 heavy (non-hydrogen) atoms. The number of hydrogen-bond acceptors (Lipinski definition) is 1. The number of benzene rings is 1.